The van der Waals surface area contributed by atoms with Crippen LogP contribution in [0.25, 0.3) is 0 Å². The Morgan fingerprint density at radius 1 is 1.12 bits per heavy atom. The van der Waals surface area contributed by atoms with Crippen LogP contribution in [0.3, 0.4) is 0 Å². The zero-order valence-corrected chi connectivity index (χ0v) is 10.1. The van der Waals surface area contributed by atoms with Crippen molar-refractivity contribution in [2.75, 3.05) is 32.5 Å². The lowest BCUT2D eigenvalue weighted by Crippen LogP contribution is -2.37. The van der Waals surface area contributed by atoms with Gasteiger partial charge in [0.2, 0.25) is 11.8 Å². The van der Waals surface area contributed by atoms with Gasteiger partial charge in [0, 0.05) is 19.8 Å². The Bertz CT molecular complexity index is 377. The highest BCUT2D eigenvalue weighted by molar-refractivity contribution is 5.92. The van der Waals surface area contributed by atoms with Crippen LogP contribution < -0.4 is 10.6 Å². The van der Waals surface area contributed by atoms with E-state index in [-0.39, 0.29) is 24.9 Å². The minimum absolute atomic E-state index is 0.0579. The molecule has 0 unspecified atom stereocenters. The van der Waals surface area contributed by atoms with Crippen LogP contribution in [-0.4, -0.2) is 43.9 Å². The second kappa shape index (κ2) is 6.65. The van der Waals surface area contributed by atoms with Gasteiger partial charge in [0.05, 0.1) is 13.1 Å². The average Bonchev–Trinajstić information content (AvgIpc) is 2.30. The van der Waals surface area contributed by atoms with Gasteiger partial charge in [0.15, 0.2) is 0 Å². The normalized spacial score (nSPS) is 9.76. The van der Waals surface area contributed by atoms with Crippen molar-refractivity contribution in [3.63, 3.8) is 0 Å². The molecule has 0 aliphatic heterocycles. The third-order valence-corrected chi connectivity index (χ3v) is 2.12. The molecule has 0 saturated carbocycles. The number of carbonyl (C=O) groups is 2. The van der Waals surface area contributed by atoms with Crippen molar-refractivity contribution in [1.82, 2.24) is 10.2 Å². The summed E-state index contributed by atoms with van der Waals surface area (Å²) in [6.45, 7) is 0.281. The Labute approximate surface area is 101 Å². The number of rotatable bonds is 5. The molecule has 0 spiro atoms. The van der Waals surface area contributed by atoms with Crippen molar-refractivity contribution in [3.05, 3.63) is 30.3 Å². The van der Waals surface area contributed by atoms with Gasteiger partial charge in [-0.3, -0.25) is 14.9 Å². The quantitative estimate of drug-likeness (QED) is 0.771. The van der Waals surface area contributed by atoms with Crippen LogP contribution in [0.15, 0.2) is 30.3 Å². The molecule has 0 bridgehead atoms. The molecule has 1 rings (SSSR count). The highest BCUT2D eigenvalue weighted by atomic mass is 16.2. The van der Waals surface area contributed by atoms with Crippen LogP contribution >= 0.6 is 0 Å². The Balaban J connectivity index is 2.25. The van der Waals surface area contributed by atoms with Gasteiger partial charge in [0.1, 0.15) is 0 Å². The summed E-state index contributed by atoms with van der Waals surface area (Å²) in [4.78, 5) is 24.2. The maximum atomic E-state index is 11.5. The van der Waals surface area contributed by atoms with Crippen molar-refractivity contribution in [1.29, 1.82) is 0 Å². The number of hydrogen-bond donors (Lipinski definition) is 2. The molecule has 0 aliphatic rings. The molecule has 1 aromatic carbocycles. The number of likely N-dealkylation sites (N-methyl/N-ethyl adjacent to an activating group) is 1. The van der Waals surface area contributed by atoms with E-state index in [0.717, 1.165) is 5.69 Å². The standard InChI is InChI=1S/C12H17N3O2/c1-15(2)12(17)9-13-8-11(16)14-10-6-4-3-5-7-10/h3-7,13H,8-9H2,1-2H3,(H,14,16). The number of para-hydroxylation sites is 1. The lowest BCUT2D eigenvalue weighted by atomic mass is 10.3. The predicted octanol–water partition coefficient (Wildman–Crippen LogP) is 0.303. The molecule has 17 heavy (non-hydrogen) atoms. The molecule has 1 aromatic rings. The van der Waals surface area contributed by atoms with Gasteiger partial charge in [-0.15, -0.1) is 0 Å². The number of amides is 2. The summed E-state index contributed by atoms with van der Waals surface area (Å²) in [6.07, 6.45) is 0. The van der Waals surface area contributed by atoms with Crippen LogP contribution in [0, 0.1) is 0 Å². The van der Waals surface area contributed by atoms with Gasteiger partial charge in [-0.1, -0.05) is 18.2 Å². The number of nitrogens with one attached hydrogen (secondary N) is 2. The highest BCUT2D eigenvalue weighted by Crippen LogP contribution is 2.03. The molecule has 0 saturated heterocycles. The molecule has 2 N–H and O–H groups in total. The number of carbonyl (C=O) groups excluding carboxylic acids is 2. The van der Waals surface area contributed by atoms with Crippen LogP contribution in [0.4, 0.5) is 5.69 Å². The average molecular weight is 235 g/mol. The van der Waals surface area contributed by atoms with Gasteiger partial charge in [-0.25, -0.2) is 0 Å². The second-order valence-electron chi connectivity index (χ2n) is 3.81. The largest absolute Gasteiger partial charge is 0.348 e. The van der Waals surface area contributed by atoms with Crippen LogP contribution in [-0.2, 0) is 9.59 Å². The SMILES string of the molecule is CN(C)C(=O)CNCC(=O)Nc1ccccc1. The zero-order chi connectivity index (χ0) is 12.7. The molecular weight excluding hydrogens is 218 g/mol. The van der Waals surface area contributed by atoms with E-state index in [1.807, 2.05) is 30.3 Å². The molecule has 0 heterocycles. The van der Waals surface area contributed by atoms with Gasteiger partial charge in [0.25, 0.3) is 0 Å². The summed E-state index contributed by atoms with van der Waals surface area (Å²) in [5.74, 6) is -0.222. The Kier molecular flexibility index (Phi) is 5.16. The van der Waals surface area contributed by atoms with Crippen molar-refractivity contribution in [2.24, 2.45) is 0 Å². The third-order valence-electron chi connectivity index (χ3n) is 2.12. The van der Waals surface area contributed by atoms with E-state index in [1.165, 1.54) is 4.90 Å². The van der Waals surface area contributed by atoms with Crippen LogP contribution in [0.1, 0.15) is 0 Å². The first kappa shape index (κ1) is 13.2. The maximum Gasteiger partial charge on any atom is 0.238 e. The molecule has 2 amide bonds. The van der Waals surface area contributed by atoms with Crippen LogP contribution in [0.5, 0.6) is 0 Å². The van der Waals surface area contributed by atoms with E-state index in [9.17, 15) is 9.59 Å². The van der Waals surface area contributed by atoms with Crippen molar-refractivity contribution in [2.45, 2.75) is 0 Å². The number of hydrogen-bond acceptors (Lipinski definition) is 3. The summed E-state index contributed by atoms with van der Waals surface area (Å²) in [7, 11) is 3.35. The molecule has 0 fully saturated rings. The molecule has 5 nitrogen and oxygen atoms in total. The summed E-state index contributed by atoms with van der Waals surface area (Å²) in [5.41, 5.74) is 0.748. The molecule has 92 valence electrons. The van der Waals surface area contributed by atoms with E-state index in [2.05, 4.69) is 10.6 Å². The maximum absolute atomic E-state index is 11.5. The topological polar surface area (TPSA) is 61.4 Å². The fraction of sp³-hybridized carbons (Fsp3) is 0.333. The van der Waals surface area contributed by atoms with Gasteiger partial charge >= 0.3 is 0 Å². The molecular formula is C12H17N3O2. The Morgan fingerprint density at radius 2 is 1.76 bits per heavy atom. The van der Waals surface area contributed by atoms with E-state index < -0.39 is 0 Å². The summed E-state index contributed by atoms with van der Waals surface area (Å²) in [5, 5.41) is 5.50. The summed E-state index contributed by atoms with van der Waals surface area (Å²) in [6, 6.07) is 9.19. The first-order chi connectivity index (χ1) is 8.09. The molecule has 0 radical (unpaired) electrons. The van der Waals surface area contributed by atoms with E-state index in [0.29, 0.717) is 0 Å². The minimum atomic E-state index is -0.164. The third kappa shape index (κ3) is 5.12. The van der Waals surface area contributed by atoms with Crippen molar-refractivity contribution >= 4 is 17.5 Å². The van der Waals surface area contributed by atoms with Gasteiger partial charge in [-0.2, -0.15) is 0 Å². The molecule has 0 aromatic heterocycles. The molecule has 0 aliphatic carbocycles. The highest BCUT2D eigenvalue weighted by Gasteiger charge is 2.05. The smallest absolute Gasteiger partial charge is 0.238 e. The van der Waals surface area contributed by atoms with Crippen molar-refractivity contribution in [3.8, 4) is 0 Å². The fourth-order valence-corrected chi connectivity index (χ4v) is 1.17. The van der Waals surface area contributed by atoms with Gasteiger partial charge in [-0.05, 0) is 12.1 Å². The Hall–Kier alpha value is -1.88. The molecule has 5 heteroatoms. The minimum Gasteiger partial charge on any atom is -0.348 e. The second-order valence-corrected chi connectivity index (χ2v) is 3.81. The van der Waals surface area contributed by atoms with Crippen LogP contribution in [0.2, 0.25) is 0 Å². The summed E-state index contributed by atoms with van der Waals surface area (Å²) >= 11 is 0. The first-order valence-corrected chi connectivity index (χ1v) is 5.35. The van der Waals surface area contributed by atoms with E-state index in [4.69, 9.17) is 0 Å². The van der Waals surface area contributed by atoms with Gasteiger partial charge < -0.3 is 10.2 Å². The lowest BCUT2D eigenvalue weighted by molar-refractivity contribution is -0.127. The zero-order valence-electron chi connectivity index (χ0n) is 10.1. The number of nitrogens with zero attached hydrogens (tertiary/aromatic N) is 1. The lowest BCUT2D eigenvalue weighted by Gasteiger charge is -2.10. The van der Waals surface area contributed by atoms with E-state index in [1.54, 1.807) is 14.1 Å². The molecule has 0 atom stereocenters. The summed E-state index contributed by atoms with van der Waals surface area (Å²) < 4.78 is 0. The fourth-order valence-electron chi connectivity index (χ4n) is 1.17. The monoisotopic (exact) mass is 235 g/mol. The predicted molar refractivity (Wildman–Crippen MR) is 66.6 cm³/mol. The van der Waals surface area contributed by atoms with Crippen molar-refractivity contribution < 1.29 is 9.59 Å². The Morgan fingerprint density at radius 3 is 2.35 bits per heavy atom. The number of anilines is 1. The first-order valence-electron chi connectivity index (χ1n) is 5.35. The van der Waals surface area contributed by atoms with E-state index >= 15 is 0 Å². The number of benzene rings is 1.